The van der Waals surface area contributed by atoms with Crippen molar-refractivity contribution in [2.75, 3.05) is 11.8 Å². The lowest BCUT2D eigenvalue weighted by atomic mass is 10.1. The number of esters is 1. The van der Waals surface area contributed by atoms with Gasteiger partial charge >= 0.3 is 5.97 Å². The van der Waals surface area contributed by atoms with Gasteiger partial charge in [0.2, 0.25) is 0 Å². The first-order valence-corrected chi connectivity index (χ1v) is 9.48. The first-order chi connectivity index (χ1) is 13.2. The second kappa shape index (κ2) is 7.35. The molecule has 3 aromatic rings. The van der Waals surface area contributed by atoms with Gasteiger partial charge in [0, 0.05) is 0 Å². The lowest BCUT2D eigenvalue weighted by molar-refractivity contribution is 0.0600. The SMILES string of the molecule is COC(=O)c1ccc(C)c(S(=O)(=O)Nc2cc(-n3nnnc3C)ccc2F)c1. The van der Waals surface area contributed by atoms with Gasteiger partial charge in [-0.15, -0.1) is 5.10 Å². The largest absolute Gasteiger partial charge is 0.465 e. The third kappa shape index (κ3) is 3.69. The molecule has 9 nitrogen and oxygen atoms in total. The van der Waals surface area contributed by atoms with Gasteiger partial charge in [-0.3, -0.25) is 4.72 Å². The van der Waals surface area contributed by atoms with E-state index < -0.39 is 21.8 Å². The molecule has 3 rings (SSSR count). The number of sulfonamides is 1. The Hall–Kier alpha value is -3.34. The van der Waals surface area contributed by atoms with E-state index in [2.05, 4.69) is 25.0 Å². The molecule has 0 saturated heterocycles. The number of rotatable bonds is 5. The maximum Gasteiger partial charge on any atom is 0.337 e. The van der Waals surface area contributed by atoms with Crippen LogP contribution in [0.5, 0.6) is 0 Å². The predicted molar refractivity (Wildman–Crippen MR) is 97.2 cm³/mol. The van der Waals surface area contributed by atoms with Crippen LogP contribution in [0.25, 0.3) is 5.69 Å². The topological polar surface area (TPSA) is 116 Å². The fraction of sp³-hybridized carbons (Fsp3) is 0.176. The number of nitrogens with zero attached hydrogens (tertiary/aromatic N) is 4. The van der Waals surface area contributed by atoms with E-state index >= 15 is 0 Å². The van der Waals surface area contributed by atoms with Crippen LogP contribution in [0.4, 0.5) is 10.1 Å². The molecule has 0 bridgehead atoms. The smallest absolute Gasteiger partial charge is 0.337 e. The molecular weight excluding hydrogens is 389 g/mol. The van der Waals surface area contributed by atoms with Gasteiger partial charge in [0.15, 0.2) is 5.82 Å². The van der Waals surface area contributed by atoms with Crippen molar-refractivity contribution >= 4 is 21.7 Å². The van der Waals surface area contributed by atoms with Crippen LogP contribution in [0.3, 0.4) is 0 Å². The van der Waals surface area contributed by atoms with Crippen molar-refractivity contribution in [3.8, 4) is 5.69 Å². The minimum Gasteiger partial charge on any atom is -0.465 e. The number of ether oxygens (including phenoxy) is 1. The monoisotopic (exact) mass is 405 g/mol. The van der Waals surface area contributed by atoms with Crippen molar-refractivity contribution in [2.24, 2.45) is 0 Å². The molecule has 0 radical (unpaired) electrons. The van der Waals surface area contributed by atoms with Gasteiger partial charge < -0.3 is 4.74 Å². The molecule has 28 heavy (non-hydrogen) atoms. The van der Waals surface area contributed by atoms with Crippen LogP contribution >= 0.6 is 0 Å². The third-order valence-electron chi connectivity index (χ3n) is 3.96. The Bertz CT molecular complexity index is 1160. The normalized spacial score (nSPS) is 11.3. The first kappa shape index (κ1) is 19.4. The number of hydrogen-bond donors (Lipinski definition) is 1. The molecule has 1 heterocycles. The molecule has 146 valence electrons. The van der Waals surface area contributed by atoms with Crippen LogP contribution in [0.1, 0.15) is 21.7 Å². The Morgan fingerprint density at radius 3 is 2.57 bits per heavy atom. The molecule has 1 N–H and O–H groups in total. The summed E-state index contributed by atoms with van der Waals surface area (Å²) in [5.74, 6) is -1.01. The quantitative estimate of drug-likeness (QED) is 0.646. The van der Waals surface area contributed by atoms with Crippen LogP contribution < -0.4 is 4.72 Å². The molecule has 0 amide bonds. The maximum atomic E-state index is 14.3. The van der Waals surface area contributed by atoms with Crippen LogP contribution in [0.2, 0.25) is 0 Å². The molecule has 0 aliphatic heterocycles. The molecule has 0 aliphatic rings. The van der Waals surface area contributed by atoms with Gasteiger partial charge in [0.1, 0.15) is 5.82 Å². The molecular formula is C17H16FN5O4S. The van der Waals surface area contributed by atoms with E-state index in [0.717, 1.165) is 6.07 Å². The predicted octanol–water partition coefficient (Wildman–Crippen LogP) is 2.01. The average molecular weight is 405 g/mol. The third-order valence-corrected chi connectivity index (χ3v) is 5.47. The molecule has 0 spiro atoms. The lowest BCUT2D eigenvalue weighted by Gasteiger charge is -2.13. The van der Waals surface area contributed by atoms with Crippen LogP contribution in [-0.4, -0.2) is 41.7 Å². The fourth-order valence-corrected chi connectivity index (χ4v) is 3.86. The Balaban J connectivity index is 2.02. The summed E-state index contributed by atoms with van der Waals surface area (Å²) in [4.78, 5) is 11.5. The highest BCUT2D eigenvalue weighted by molar-refractivity contribution is 7.92. The Labute approximate surface area is 160 Å². The van der Waals surface area contributed by atoms with Crippen molar-refractivity contribution in [1.29, 1.82) is 0 Å². The number of carbonyl (C=O) groups excluding carboxylic acids is 1. The second-order valence-corrected chi connectivity index (χ2v) is 7.53. The summed E-state index contributed by atoms with van der Waals surface area (Å²) < 4.78 is 48.1. The summed E-state index contributed by atoms with van der Waals surface area (Å²) in [7, 11) is -2.99. The molecule has 1 aromatic heterocycles. The number of benzene rings is 2. The standard InChI is InChI=1S/C17H16FN5O4S/c1-10-4-5-12(17(24)27-3)8-16(10)28(25,26)20-15-9-13(6-7-14(15)18)23-11(2)19-21-22-23/h4-9,20H,1-3H3. The van der Waals surface area contributed by atoms with Gasteiger partial charge in [-0.2, -0.15) is 4.68 Å². The summed E-state index contributed by atoms with van der Waals surface area (Å²) in [6.07, 6.45) is 0. The summed E-state index contributed by atoms with van der Waals surface area (Å²) in [6, 6.07) is 7.89. The highest BCUT2D eigenvalue weighted by Gasteiger charge is 2.21. The average Bonchev–Trinajstić information content (AvgIpc) is 3.09. The van der Waals surface area contributed by atoms with E-state index in [9.17, 15) is 17.6 Å². The highest BCUT2D eigenvalue weighted by Crippen LogP contribution is 2.25. The Kier molecular flexibility index (Phi) is 5.10. The second-order valence-electron chi connectivity index (χ2n) is 5.88. The van der Waals surface area contributed by atoms with Crippen molar-refractivity contribution in [3.05, 3.63) is 59.2 Å². The van der Waals surface area contributed by atoms with Gasteiger partial charge in [0.05, 0.1) is 28.9 Å². The van der Waals surface area contributed by atoms with E-state index in [1.54, 1.807) is 13.8 Å². The zero-order chi connectivity index (χ0) is 20.5. The van der Waals surface area contributed by atoms with Crippen LogP contribution in [0.15, 0.2) is 41.3 Å². The Morgan fingerprint density at radius 1 is 1.18 bits per heavy atom. The van der Waals surface area contributed by atoms with Gasteiger partial charge in [-0.25, -0.2) is 17.6 Å². The molecule has 11 heteroatoms. The van der Waals surface area contributed by atoms with Crippen molar-refractivity contribution in [3.63, 3.8) is 0 Å². The van der Waals surface area contributed by atoms with Gasteiger partial charge in [-0.1, -0.05) is 6.07 Å². The number of hydrogen-bond acceptors (Lipinski definition) is 7. The fourth-order valence-electron chi connectivity index (χ4n) is 2.53. The van der Waals surface area contributed by atoms with Crippen molar-refractivity contribution in [1.82, 2.24) is 20.2 Å². The molecule has 2 aromatic carbocycles. The first-order valence-electron chi connectivity index (χ1n) is 7.99. The summed E-state index contributed by atoms with van der Waals surface area (Å²) in [5, 5.41) is 11.0. The number of aryl methyl sites for hydroxylation is 2. The van der Waals surface area contributed by atoms with Gasteiger partial charge in [0.25, 0.3) is 10.0 Å². The van der Waals surface area contributed by atoms with Crippen molar-refractivity contribution < 1.29 is 22.3 Å². The van der Waals surface area contributed by atoms with E-state index in [0.29, 0.717) is 17.1 Å². The molecule has 0 atom stereocenters. The molecule has 0 unspecified atom stereocenters. The number of tetrazole rings is 1. The number of anilines is 1. The van der Waals surface area contributed by atoms with E-state index in [4.69, 9.17) is 0 Å². The van der Waals surface area contributed by atoms with Crippen LogP contribution in [0, 0.1) is 19.7 Å². The zero-order valence-electron chi connectivity index (χ0n) is 15.2. The number of halogens is 1. The number of carbonyl (C=O) groups is 1. The molecule has 0 saturated carbocycles. The number of nitrogens with one attached hydrogen (secondary N) is 1. The number of methoxy groups -OCH3 is 1. The van der Waals surface area contributed by atoms with Crippen LogP contribution in [-0.2, 0) is 14.8 Å². The highest BCUT2D eigenvalue weighted by atomic mass is 32.2. The lowest BCUT2D eigenvalue weighted by Crippen LogP contribution is -2.16. The number of aromatic nitrogens is 4. The minimum absolute atomic E-state index is 0.0620. The van der Waals surface area contributed by atoms with E-state index in [-0.39, 0.29) is 16.1 Å². The van der Waals surface area contributed by atoms with E-state index in [1.807, 2.05) is 0 Å². The summed E-state index contributed by atoms with van der Waals surface area (Å²) in [6.45, 7) is 3.21. The maximum absolute atomic E-state index is 14.3. The molecule has 0 aliphatic carbocycles. The zero-order valence-corrected chi connectivity index (χ0v) is 16.0. The summed E-state index contributed by atoms with van der Waals surface area (Å²) in [5.41, 5.74) is 0.539. The summed E-state index contributed by atoms with van der Waals surface area (Å²) >= 11 is 0. The minimum atomic E-state index is -4.19. The van der Waals surface area contributed by atoms with Crippen molar-refractivity contribution in [2.45, 2.75) is 18.7 Å². The Morgan fingerprint density at radius 2 is 1.93 bits per heavy atom. The van der Waals surface area contributed by atoms with E-state index in [1.165, 1.54) is 42.1 Å². The molecule has 0 fully saturated rings. The van der Waals surface area contributed by atoms with Gasteiger partial charge in [-0.05, 0) is 60.2 Å².